The highest BCUT2D eigenvalue weighted by Crippen LogP contribution is 2.42. The lowest BCUT2D eigenvalue weighted by Crippen LogP contribution is -2.01. The van der Waals surface area contributed by atoms with Crippen LogP contribution in [0.3, 0.4) is 0 Å². The van der Waals surface area contributed by atoms with Gasteiger partial charge in [0.25, 0.3) is 0 Å². The maximum Gasteiger partial charge on any atom is 0.0631 e. The first kappa shape index (κ1) is 33.9. The Morgan fingerprint density at radius 3 is 1.15 bits per heavy atom. The summed E-state index contributed by atoms with van der Waals surface area (Å²) >= 11 is 0. The molecule has 2 N–H and O–H groups in total. The fourth-order valence-corrected chi connectivity index (χ4v) is 7.38. The van der Waals surface area contributed by atoms with Crippen molar-refractivity contribution in [1.82, 2.24) is 9.97 Å². The molecule has 0 radical (unpaired) electrons. The molecule has 0 bridgehead atoms. The van der Waals surface area contributed by atoms with Crippen LogP contribution in [0.2, 0.25) is 0 Å². The van der Waals surface area contributed by atoms with Crippen molar-refractivity contribution in [1.29, 1.82) is 10.5 Å². The minimum Gasteiger partial charge on any atom is -0.354 e. The largest absolute Gasteiger partial charge is 0.354 e. The molecule has 52 heavy (non-hydrogen) atoms. The molecule has 0 saturated heterocycles. The number of rotatable bonds is 8. The van der Waals surface area contributed by atoms with E-state index in [1.54, 1.807) is 0 Å². The van der Waals surface area contributed by atoms with E-state index >= 15 is 0 Å². The molecular weight excluding hydrogens is 633 g/mol. The Balaban J connectivity index is 0.000000162. The van der Waals surface area contributed by atoms with Crippen molar-refractivity contribution in [3.05, 3.63) is 191 Å². The van der Waals surface area contributed by atoms with E-state index in [9.17, 15) is 10.5 Å². The van der Waals surface area contributed by atoms with Gasteiger partial charge in [0.2, 0.25) is 0 Å². The van der Waals surface area contributed by atoms with E-state index in [1.807, 2.05) is 48.5 Å². The molecule has 2 heterocycles. The van der Waals surface area contributed by atoms with Crippen LogP contribution < -0.4 is 0 Å². The average Bonchev–Trinajstić information content (AvgIpc) is 3.75. The van der Waals surface area contributed by atoms with E-state index in [0.29, 0.717) is 12.8 Å². The van der Waals surface area contributed by atoms with Gasteiger partial charge < -0.3 is 9.97 Å². The van der Waals surface area contributed by atoms with E-state index < -0.39 is 0 Å². The fraction of sp³-hybridized carbons (Fsp3) is 0.125. The Morgan fingerprint density at radius 2 is 0.808 bits per heavy atom. The highest BCUT2D eigenvalue weighted by atomic mass is 14.7. The van der Waals surface area contributed by atoms with Crippen LogP contribution in [0, 0.1) is 36.5 Å². The molecule has 0 saturated carbocycles. The Bertz CT molecular complexity index is 2320. The maximum atomic E-state index is 9.51. The standard InChI is InChI=1S/2C24H20N2/c2*1-17-12-13-21-22(16-17)26-24(19-10-6-3-7-11-19)23(21)20(14-15-25)18-8-4-2-5-9-18/h2*2-13,16,20,26H,14H2,1H3/t2*20-/m10/s1. The van der Waals surface area contributed by atoms with Crippen molar-refractivity contribution in [2.75, 3.05) is 0 Å². The number of nitriles is 2. The Kier molecular flexibility index (Phi) is 10.1. The van der Waals surface area contributed by atoms with Crippen LogP contribution in [0.15, 0.2) is 158 Å². The monoisotopic (exact) mass is 672 g/mol. The first-order valence-corrected chi connectivity index (χ1v) is 17.7. The Hall–Kier alpha value is -6.62. The molecule has 8 rings (SSSR count). The topological polar surface area (TPSA) is 79.2 Å². The Labute approximate surface area is 305 Å². The summed E-state index contributed by atoms with van der Waals surface area (Å²) in [6, 6.07) is 59.2. The number of benzene rings is 6. The third kappa shape index (κ3) is 7.02. The van der Waals surface area contributed by atoms with Crippen LogP contribution in [0.1, 0.15) is 58.1 Å². The fourth-order valence-electron chi connectivity index (χ4n) is 7.38. The number of nitrogens with one attached hydrogen (secondary N) is 2. The van der Waals surface area contributed by atoms with Crippen LogP contribution in [0.4, 0.5) is 0 Å². The SMILES string of the molecule is Cc1ccc2c([C@@H](CC#N)c3ccccc3)c(-c3ccccc3)[nH]c2c1.Cc1ccc2c([C@H](CC#N)c3ccccc3)c(-c3ccccc3)[nH]c2c1. The predicted molar refractivity (Wildman–Crippen MR) is 214 cm³/mol. The second kappa shape index (κ2) is 15.5. The first-order valence-electron chi connectivity index (χ1n) is 17.7. The summed E-state index contributed by atoms with van der Waals surface area (Å²) < 4.78 is 0. The van der Waals surface area contributed by atoms with Crippen molar-refractivity contribution in [3.8, 4) is 34.7 Å². The molecule has 0 amide bonds. The van der Waals surface area contributed by atoms with Gasteiger partial charge >= 0.3 is 0 Å². The number of aromatic nitrogens is 2. The minimum atomic E-state index is 0.0351. The highest BCUT2D eigenvalue weighted by Gasteiger charge is 2.24. The molecular formula is C48H40N4. The molecule has 2 aromatic heterocycles. The minimum absolute atomic E-state index is 0.0351. The molecule has 0 aliphatic rings. The summed E-state index contributed by atoms with van der Waals surface area (Å²) in [7, 11) is 0. The van der Waals surface area contributed by atoms with Gasteiger partial charge in [0.1, 0.15) is 0 Å². The summed E-state index contributed by atoms with van der Waals surface area (Å²) in [4.78, 5) is 7.24. The lowest BCUT2D eigenvalue weighted by molar-refractivity contribution is 0.847. The summed E-state index contributed by atoms with van der Waals surface area (Å²) in [5.74, 6) is 0.0701. The number of nitrogens with zero attached hydrogens (tertiary/aromatic N) is 2. The van der Waals surface area contributed by atoms with Crippen LogP contribution in [0.25, 0.3) is 44.3 Å². The lowest BCUT2D eigenvalue weighted by atomic mass is 9.85. The zero-order valence-corrected chi connectivity index (χ0v) is 29.5. The number of aryl methyl sites for hydroxylation is 2. The van der Waals surface area contributed by atoms with E-state index in [2.05, 4.69) is 145 Å². The van der Waals surface area contributed by atoms with Crippen molar-refractivity contribution < 1.29 is 0 Å². The van der Waals surface area contributed by atoms with Gasteiger partial charge in [-0.1, -0.05) is 146 Å². The van der Waals surface area contributed by atoms with Crippen molar-refractivity contribution in [2.45, 2.75) is 38.5 Å². The molecule has 0 aliphatic heterocycles. The van der Waals surface area contributed by atoms with Crippen molar-refractivity contribution in [2.24, 2.45) is 0 Å². The summed E-state index contributed by atoms with van der Waals surface area (Å²) in [6.45, 7) is 4.21. The molecule has 8 aromatic rings. The van der Waals surface area contributed by atoms with Crippen LogP contribution in [-0.4, -0.2) is 9.97 Å². The number of H-pyrrole nitrogens is 2. The van der Waals surface area contributed by atoms with Gasteiger partial charge in [-0.15, -0.1) is 0 Å². The van der Waals surface area contributed by atoms with E-state index in [1.165, 1.54) is 44.2 Å². The average molecular weight is 673 g/mol. The van der Waals surface area contributed by atoms with Crippen LogP contribution in [0.5, 0.6) is 0 Å². The number of fused-ring (bicyclic) bond motifs is 2. The summed E-state index contributed by atoms with van der Waals surface area (Å²) in [5, 5.41) is 21.4. The number of hydrogen-bond acceptors (Lipinski definition) is 2. The highest BCUT2D eigenvalue weighted by molar-refractivity contribution is 5.93. The van der Waals surface area contributed by atoms with E-state index in [-0.39, 0.29) is 11.8 Å². The van der Waals surface area contributed by atoms with Crippen molar-refractivity contribution in [3.63, 3.8) is 0 Å². The molecule has 6 aromatic carbocycles. The van der Waals surface area contributed by atoms with Crippen LogP contribution >= 0.6 is 0 Å². The normalized spacial score (nSPS) is 12.0. The third-order valence-electron chi connectivity index (χ3n) is 9.81. The molecule has 2 atom stereocenters. The maximum absolute atomic E-state index is 9.51. The molecule has 0 fully saturated rings. The second-order valence-corrected chi connectivity index (χ2v) is 13.3. The van der Waals surface area contributed by atoms with E-state index in [0.717, 1.165) is 33.5 Å². The molecule has 0 aliphatic carbocycles. The van der Waals surface area contributed by atoms with Gasteiger partial charge in [0, 0.05) is 46.5 Å². The summed E-state index contributed by atoms with van der Waals surface area (Å²) in [6.07, 6.45) is 0.898. The Morgan fingerprint density at radius 1 is 0.462 bits per heavy atom. The van der Waals surface area contributed by atoms with Crippen molar-refractivity contribution >= 4 is 21.8 Å². The van der Waals surface area contributed by atoms with Gasteiger partial charge in [-0.3, -0.25) is 0 Å². The molecule has 252 valence electrons. The third-order valence-corrected chi connectivity index (χ3v) is 9.81. The lowest BCUT2D eigenvalue weighted by Gasteiger charge is -2.17. The summed E-state index contributed by atoms with van der Waals surface area (Å²) in [5.41, 5.74) is 14.0. The van der Waals surface area contributed by atoms with Gasteiger partial charge in [-0.05, 0) is 70.5 Å². The number of aromatic amines is 2. The molecule has 0 spiro atoms. The van der Waals surface area contributed by atoms with Gasteiger partial charge in [-0.2, -0.15) is 10.5 Å². The molecule has 4 nitrogen and oxygen atoms in total. The van der Waals surface area contributed by atoms with E-state index in [4.69, 9.17) is 0 Å². The van der Waals surface area contributed by atoms with Gasteiger partial charge in [0.05, 0.1) is 23.5 Å². The molecule has 4 heteroatoms. The number of hydrogen-bond donors (Lipinski definition) is 2. The predicted octanol–water partition coefficient (Wildman–Crippen LogP) is 12.4. The quantitative estimate of drug-likeness (QED) is 0.168. The van der Waals surface area contributed by atoms with Crippen LogP contribution in [-0.2, 0) is 0 Å². The molecule has 0 unspecified atom stereocenters. The van der Waals surface area contributed by atoms with Gasteiger partial charge in [-0.25, -0.2) is 0 Å². The van der Waals surface area contributed by atoms with Gasteiger partial charge in [0.15, 0.2) is 0 Å². The first-order chi connectivity index (χ1) is 25.6. The zero-order chi connectivity index (χ0) is 35.9. The second-order valence-electron chi connectivity index (χ2n) is 13.3. The zero-order valence-electron chi connectivity index (χ0n) is 29.5. The smallest absolute Gasteiger partial charge is 0.0631 e.